The van der Waals surface area contributed by atoms with E-state index in [1.807, 2.05) is 26.2 Å². The maximum absolute atomic E-state index is 11.2. The molecule has 18 heavy (non-hydrogen) atoms. The van der Waals surface area contributed by atoms with Crippen molar-refractivity contribution in [3.8, 4) is 0 Å². The quantitative estimate of drug-likeness (QED) is 0.729. The summed E-state index contributed by atoms with van der Waals surface area (Å²) in [7, 11) is -4.20. The van der Waals surface area contributed by atoms with Crippen molar-refractivity contribution in [3.05, 3.63) is 0 Å². The van der Waals surface area contributed by atoms with Gasteiger partial charge in [0.05, 0.1) is 0 Å². The van der Waals surface area contributed by atoms with E-state index in [9.17, 15) is 9.59 Å². The van der Waals surface area contributed by atoms with E-state index in [0.717, 1.165) is 0 Å². The van der Waals surface area contributed by atoms with Crippen molar-refractivity contribution in [2.45, 2.75) is 65.0 Å². The highest BCUT2D eigenvalue weighted by molar-refractivity contribution is 6.80. The lowest BCUT2D eigenvalue weighted by molar-refractivity contribution is -0.134. The lowest BCUT2D eigenvalue weighted by Crippen LogP contribution is -2.46. The van der Waals surface area contributed by atoms with Gasteiger partial charge in [0, 0.05) is 13.8 Å². The van der Waals surface area contributed by atoms with Crippen molar-refractivity contribution in [2.75, 3.05) is 0 Å². The molecular weight excluding hydrogens is 264 g/mol. The highest BCUT2D eigenvalue weighted by atomic mass is 28.4. The zero-order valence-electron chi connectivity index (χ0n) is 12.8. The van der Waals surface area contributed by atoms with Crippen LogP contribution in [0.25, 0.3) is 0 Å². The molecule has 2 atom stereocenters. The predicted octanol–water partition coefficient (Wildman–Crippen LogP) is 3.30. The summed E-state index contributed by atoms with van der Waals surface area (Å²) < 4.78 is 11.0. The third-order valence-electron chi connectivity index (χ3n) is 3.76. The topological polar surface area (TPSA) is 52.6 Å². The Kier molecular flexibility index (Phi) is 5.80. The van der Waals surface area contributed by atoms with Gasteiger partial charge in [-0.2, -0.15) is 0 Å². The van der Waals surface area contributed by atoms with E-state index < -0.39 is 16.6 Å². The van der Waals surface area contributed by atoms with Gasteiger partial charge < -0.3 is 8.85 Å². The molecule has 0 spiro atoms. The average molecular weight is 291 g/mol. The van der Waals surface area contributed by atoms with Gasteiger partial charge in [-0.05, 0) is 37.3 Å². The maximum Gasteiger partial charge on any atom is 0.289 e. The second-order valence-electron chi connectivity index (χ2n) is 5.97. The fourth-order valence-corrected chi connectivity index (χ4v) is 8.80. The van der Waals surface area contributed by atoms with E-state index in [4.69, 9.17) is 8.85 Å². The monoisotopic (exact) mass is 290 g/mol. The zero-order chi connectivity index (χ0) is 14.7. The summed E-state index contributed by atoms with van der Waals surface area (Å²) in [4.78, 5) is 22.3. The Morgan fingerprint density at radius 3 is 1.17 bits per heavy atom. The molecule has 0 aromatic carbocycles. The van der Waals surface area contributed by atoms with E-state index in [-0.39, 0.29) is 23.0 Å². The molecule has 0 rings (SSSR count). The minimum Gasteiger partial charge on any atom is -0.520 e. The van der Waals surface area contributed by atoms with Crippen molar-refractivity contribution in [2.24, 2.45) is 0 Å². The number of rotatable bonds is 5. The minimum absolute atomic E-state index is 0.224. The molecule has 2 unspecified atom stereocenters. The van der Waals surface area contributed by atoms with Gasteiger partial charge in [0.2, 0.25) is 0 Å². The van der Waals surface area contributed by atoms with Gasteiger partial charge >= 0.3 is 0 Å². The molecule has 0 aliphatic carbocycles. The standard InChI is InChI=1S/C12H26O4Si2/c1-9(17(5,6)15-11(3)13)10(2)18(7,8)16-12(4)14/h9-10H,1-8H3. The molecule has 0 saturated carbocycles. The molecule has 0 aromatic heterocycles. The minimum atomic E-state index is -2.10. The van der Waals surface area contributed by atoms with Gasteiger partial charge in [-0.1, -0.05) is 13.8 Å². The molecule has 0 heterocycles. The Hall–Kier alpha value is -0.626. The number of hydrogen-bond donors (Lipinski definition) is 0. The van der Waals surface area contributed by atoms with Gasteiger partial charge in [-0.25, -0.2) is 0 Å². The second kappa shape index (κ2) is 6.01. The molecule has 0 amide bonds. The van der Waals surface area contributed by atoms with Crippen LogP contribution in [-0.4, -0.2) is 28.6 Å². The SMILES string of the molecule is CC(=O)O[Si](C)(C)C(C)C(C)[Si](C)(C)OC(C)=O. The molecule has 0 bridgehead atoms. The summed E-state index contributed by atoms with van der Waals surface area (Å²) in [6.45, 7) is 15.2. The normalized spacial score (nSPS) is 15.8. The molecular formula is C12H26O4Si2. The third kappa shape index (κ3) is 4.93. The van der Waals surface area contributed by atoms with Crippen molar-refractivity contribution in [3.63, 3.8) is 0 Å². The van der Waals surface area contributed by atoms with Crippen LogP contribution >= 0.6 is 0 Å². The molecule has 0 aliphatic heterocycles. The van der Waals surface area contributed by atoms with Crippen LogP contribution in [0.15, 0.2) is 0 Å². The van der Waals surface area contributed by atoms with Crippen molar-refractivity contribution >= 4 is 28.6 Å². The summed E-state index contributed by atoms with van der Waals surface area (Å²) in [5.41, 5.74) is 0.504. The largest absolute Gasteiger partial charge is 0.520 e. The van der Waals surface area contributed by atoms with Gasteiger partial charge in [0.25, 0.3) is 28.6 Å². The molecule has 4 nitrogen and oxygen atoms in total. The first kappa shape index (κ1) is 17.4. The Labute approximate surface area is 112 Å². The van der Waals surface area contributed by atoms with Crippen LogP contribution in [0.2, 0.25) is 37.3 Å². The van der Waals surface area contributed by atoms with E-state index in [0.29, 0.717) is 0 Å². The van der Waals surface area contributed by atoms with Crippen molar-refractivity contribution < 1.29 is 18.4 Å². The fourth-order valence-electron chi connectivity index (χ4n) is 2.13. The lowest BCUT2D eigenvalue weighted by Gasteiger charge is -2.38. The van der Waals surface area contributed by atoms with Crippen LogP contribution in [0.1, 0.15) is 27.7 Å². The highest BCUT2D eigenvalue weighted by Gasteiger charge is 2.45. The Bertz CT molecular complexity index is 294. The van der Waals surface area contributed by atoms with Gasteiger partial charge in [0.15, 0.2) is 0 Å². The average Bonchev–Trinajstić information content (AvgIpc) is 2.11. The summed E-state index contributed by atoms with van der Waals surface area (Å²) in [6, 6.07) is 0. The summed E-state index contributed by atoms with van der Waals surface area (Å²) in [5.74, 6) is -0.449. The van der Waals surface area contributed by atoms with Crippen LogP contribution < -0.4 is 0 Å². The first-order valence-electron chi connectivity index (χ1n) is 6.29. The number of hydrogen-bond acceptors (Lipinski definition) is 4. The highest BCUT2D eigenvalue weighted by Crippen LogP contribution is 2.41. The van der Waals surface area contributed by atoms with Crippen LogP contribution in [0.5, 0.6) is 0 Å². The Morgan fingerprint density at radius 2 is 1.00 bits per heavy atom. The van der Waals surface area contributed by atoms with Gasteiger partial charge in [0.1, 0.15) is 0 Å². The van der Waals surface area contributed by atoms with Gasteiger partial charge in [-0.15, -0.1) is 0 Å². The first-order chi connectivity index (χ1) is 7.90. The summed E-state index contributed by atoms with van der Waals surface area (Å²) in [5, 5.41) is 0. The molecule has 0 aromatic rings. The Balaban J connectivity index is 4.91. The fraction of sp³-hybridized carbons (Fsp3) is 0.833. The van der Waals surface area contributed by atoms with Crippen molar-refractivity contribution in [1.29, 1.82) is 0 Å². The summed E-state index contributed by atoms with van der Waals surface area (Å²) >= 11 is 0. The van der Waals surface area contributed by atoms with E-state index in [1.165, 1.54) is 13.8 Å². The first-order valence-corrected chi connectivity index (χ1v) is 12.3. The van der Waals surface area contributed by atoms with E-state index >= 15 is 0 Å². The zero-order valence-corrected chi connectivity index (χ0v) is 14.8. The number of carbonyl (C=O) groups is 2. The molecule has 106 valence electrons. The molecule has 0 N–H and O–H groups in total. The summed E-state index contributed by atoms with van der Waals surface area (Å²) in [6.07, 6.45) is 0. The van der Waals surface area contributed by atoms with Gasteiger partial charge in [-0.3, -0.25) is 9.59 Å². The smallest absolute Gasteiger partial charge is 0.289 e. The van der Waals surface area contributed by atoms with E-state index in [1.54, 1.807) is 0 Å². The molecule has 0 saturated heterocycles. The third-order valence-corrected chi connectivity index (χ3v) is 11.1. The molecule has 0 radical (unpaired) electrons. The van der Waals surface area contributed by atoms with Crippen LogP contribution in [0, 0.1) is 0 Å². The predicted molar refractivity (Wildman–Crippen MR) is 77.3 cm³/mol. The van der Waals surface area contributed by atoms with Crippen LogP contribution in [-0.2, 0) is 18.4 Å². The second-order valence-corrected chi connectivity index (χ2v) is 14.6. The van der Waals surface area contributed by atoms with Crippen molar-refractivity contribution in [1.82, 2.24) is 0 Å². The molecule has 0 fully saturated rings. The molecule has 0 aliphatic rings. The van der Waals surface area contributed by atoms with E-state index in [2.05, 4.69) is 13.8 Å². The number of carbonyl (C=O) groups excluding carboxylic acids is 2. The van der Waals surface area contributed by atoms with Crippen LogP contribution in [0.3, 0.4) is 0 Å². The molecule has 6 heteroatoms. The Morgan fingerprint density at radius 1 is 0.778 bits per heavy atom. The van der Waals surface area contributed by atoms with Crippen LogP contribution in [0.4, 0.5) is 0 Å². The maximum atomic E-state index is 11.2. The lowest BCUT2D eigenvalue weighted by atomic mass is 10.3.